The lowest BCUT2D eigenvalue weighted by Gasteiger charge is -2.42. The van der Waals surface area contributed by atoms with E-state index in [1.165, 1.54) is 57.8 Å². The standard InChI is InChI=1S/C38H70O15/c1-3-5-7-9-11-13-15-17-19-21-30(41)51-26(23-48-29(40)20-18-16-14-12-10-8-6-4-2)24-49-37-36(47)34(45)32(43)28(53-37)25-50-38-35(46)33(44)31(42)27(22-39)52-38/h26-28,31-39,42-47H,3-25H2,1-2H3/t26-,27-,28-,31+,32+,33?,34?,35?,36?,37-,38-/m1/s1. The van der Waals surface area contributed by atoms with Crippen LogP contribution in [0.3, 0.4) is 0 Å². The fourth-order valence-electron chi connectivity index (χ4n) is 6.39. The summed E-state index contributed by atoms with van der Waals surface area (Å²) in [7, 11) is 0. The van der Waals surface area contributed by atoms with Gasteiger partial charge in [0.1, 0.15) is 55.4 Å². The number of hydrogen-bond donors (Lipinski definition) is 7. The maximum atomic E-state index is 12.8. The molecule has 2 aliphatic rings. The van der Waals surface area contributed by atoms with Gasteiger partial charge in [0.25, 0.3) is 0 Å². The lowest BCUT2D eigenvalue weighted by Crippen LogP contribution is -2.61. The number of rotatable bonds is 29. The molecule has 2 rings (SSSR count). The van der Waals surface area contributed by atoms with Crippen LogP contribution in [0.5, 0.6) is 0 Å². The number of aliphatic hydroxyl groups excluding tert-OH is 7. The van der Waals surface area contributed by atoms with E-state index in [1.54, 1.807) is 0 Å². The van der Waals surface area contributed by atoms with Gasteiger partial charge in [0.05, 0.1) is 19.8 Å². The second kappa shape index (κ2) is 28.0. The molecular weight excluding hydrogens is 696 g/mol. The van der Waals surface area contributed by atoms with Gasteiger partial charge in [-0.15, -0.1) is 0 Å². The molecule has 2 heterocycles. The van der Waals surface area contributed by atoms with Crippen molar-refractivity contribution in [3.8, 4) is 0 Å². The Morgan fingerprint density at radius 1 is 0.528 bits per heavy atom. The smallest absolute Gasteiger partial charge is 0.306 e. The van der Waals surface area contributed by atoms with Crippen molar-refractivity contribution in [1.82, 2.24) is 0 Å². The van der Waals surface area contributed by atoms with E-state index in [0.717, 1.165) is 38.5 Å². The van der Waals surface area contributed by atoms with Crippen molar-refractivity contribution in [1.29, 1.82) is 0 Å². The van der Waals surface area contributed by atoms with Gasteiger partial charge in [-0.3, -0.25) is 9.59 Å². The summed E-state index contributed by atoms with van der Waals surface area (Å²) >= 11 is 0. The highest BCUT2D eigenvalue weighted by molar-refractivity contribution is 5.70. The number of carbonyl (C=O) groups excluding carboxylic acids is 2. The summed E-state index contributed by atoms with van der Waals surface area (Å²) in [6.07, 6.45) is 1.92. The maximum absolute atomic E-state index is 12.8. The summed E-state index contributed by atoms with van der Waals surface area (Å²) in [4.78, 5) is 25.3. The normalized spacial score (nSPS) is 29.5. The third-order valence-electron chi connectivity index (χ3n) is 9.84. The molecule has 0 aliphatic carbocycles. The zero-order chi connectivity index (χ0) is 39.0. The average Bonchev–Trinajstić information content (AvgIpc) is 3.15. The summed E-state index contributed by atoms with van der Waals surface area (Å²) in [6.45, 7) is 2.49. The van der Waals surface area contributed by atoms with Gasteiger partial charge in [0.2, 0.25) is 0 Å². The highest BCUT2D eigenvalue weighted by Crippen LogP contribution is 2.26. The maximum Gasteiger partial charge on any atom is 0.306 e. The third-order valence-corrected chi connectivity index (χ3v) is 9.84. The summed E-state index contributed by atoms with van der Waals surface area (Å²) in [6, 6.07) is 0. The van der Waals surface area contributed by atoms with Crippen LogP contribution in [0.15, 0.2) is 0 Å². The summed E-state index contributed by atoms with van der Waals surface area (Å²) in [5, 5.41) is 71.5. The molecule has 53 heavy (non-hydrogen) atoms. The summed E-state index contributed by atoms with van der Waals surface area (Å²) in [5.74, 6) is -0.930. The first-order valence-electron chi connectivity index (χ1n) is 20.1. The zero-order valence-corrected chi connectivity index (χ0v) is 32.0. The topological polar surface area (TPSA) is 231 Å². The van der Waals surface area contributed by atoms with Crippen molar-refractivity contribution < 1.29 is 73.8 Å². The second-order valence-electron chi connectivity index (χ2n) is 14.5. The SMILES string of the molecule is CCCCCCCCCCCC(=O)O[C@H](COC(=O)CCCCCCCCCC)CO[C@@H]1O[C@H](CO[C@@H]2O[C@H](CO)[C@H](O)C(O)C2O)[C@H](O)C(O)C1O. The minimum absolute atomic E-state index is 0.170. The van der Waals surface area contributed by atoms with Crippen molar-refractivity contribution in [3.05, 3.63) is 0 Å². The van der Waals surface area contributed by atoms with Crippen molar-refractivity contribution in [3.63, 3.8) is 0 Å². The van der Waals surface area contributed by atoms with Gasteiger partial charge in [0.15, 0.2) is 18.7 Å². The summed E-state index contributed by atoms with van der Waals surface area (Å²) < 4.78 is 33.2. The molecule has 312 valence electrons. The molecule has 15 nitrogen and oxygen atoms in total. The van der Waals surface area contributed by atoms with Crippen molar-refractivity contribution in [2.45, 2.75) is 203 Å². The fraction of sp³-hybridized carbons (Fsp3) is 0.947. The predicted molar refractivity (Wildman–Crippen MR) is 192 cm³/mol. The van der Waals surface area contributed by atoms with Gasteiger partial charge in [0, 0.05) is 12.8 Å². The van der Waals surface area contributed by atoms with Gasteiger partial charge in [-0.1, -0.05) is 110 Å². The molecule has 7 N–H and O–H groups in total. The van der Waals surface area contributed by atoms with Crippen molar-refractivity contribution in [2.75, 3.05) is 26.4 Å². The monoisotopic (exact) mass is 766 g/mol. The van der Waals surface area contributed by atoms with Gasteiger partial charge >= 0.3 is 11.9 Å². The molecule has 4 unspecified atom stereocenters. The quantitative estimate of drug-likeness (QED) is 0.0429. The Morgan fingerprint density at radius 3 is 1.47 bits per heavy atom. The van der Waals surface area contributed by atoms with Crippen LogP contribution in [-0.2, 0) is 38.0 Å². The second-order valence-corrected chi connectivity index (χ2v) is 14.5. The van der Waals surface area contributed by atoms with Gasteiger partial charge < -0.3 is 64.2 Å². The van der Waals surface area contributed by atoms with Crippen molar-refractivity contribution >= 4 is 11.9 Å². The first-order chi connectivity index (χ1) is 25.5. The molecule has 0 radical (unpaired) electrons. The zero-order valence-electron chi connectivity index (χ0n) is 32.0. The molecular formula is C38H70O15. The predicted octanol–water partition coefficient (Wildman–Crippen LogP) is 2.53. The molecule has 11 atom stereocenters. The van der Waals surface area contributed by atoms with Crippen LogP contribution in [-0.4, -0.2) is 142 Å². The molecule has 0 aromatic rings. The minimum Gasteiger partial charge on any atom is -0.462 e. The molecule has 0 amide bonds. The highest BCUT2D eigenvalue weighted by atomic mass is 16.7. The number of esters is 2. The van der Waals surface area contributed by atoms with Crippen LogP contribution in [0, 0.1) is 0 Å². The molecule has 15 heteroatoms. The van der Waals surface area contributed by atoms with E-state index in [9.17, 15) is 45.3 Å². The molecule has 0 saturated carbocycles. The Kier molecular flexibility index (Phi) is 25.2. The van der Waals surface area contributed by atoms with Crippen LogP contribution < -0.4 is 0 Å². The van der Waals surface area contributed by atoms with Crippen LogP contribution in [0.25, 0.3) is 0 Å². The van der Waals surface area contributed by atoms with E-state index in [2.05, 4.69) is 13.8 Å². The van der Waals surface area contributed by atoms with E-state index >= 15 is 0 Å². The molecule has 0 spiro atoms. The van der Waals surface area contributed by atoms with Crippen LogP contribution in [0.4, 0.5) is 0 Å². The lowest BCUT2D eigenvalue weighted by atomic mass is 9.98. The number of aliphatic hydroxyl groups is 7. The Morgan fingerprint density at radius 2 is 0.962 bits per heavy atom. The van der Waals surface area contributed by atoms with Gasteiger partial charge in [-0.2, -0.15) is 0 Å². The molecule has 2 saturated heterocycles. The Bertz CT molecular complexity index is 955. The number of hydrogen-bond acceptors (Lipinski definition) is 15. The number of carbonyl (C=O) groups is 2. The van der Waals surface area contributed by atoms with Crippen molar-refractivity contribution in [2.24, 2.45) is 0 Å². The molecule has 2 fully saturated rings. The Balaban J connectivity index is 1.91. The van der Waals surface area contributed by atoms with E-state index in [0.29, 0.717) is 12.8 Å². The average molecular weight is 767 g/mol. The van der Waals surface area contributed by atoms with Gasteiger partial charge in [-0.05, 0) is 12.8 Å². The number of ether oxygens (including phenoxy) is 6. The van der Waals surface area contributed by atoms with E-state index in [4.69, 9.17) is 28.4 Å². The third kappa shape index (κ3) is 18.3. The molecule has 2 aliphatic heterocycles. The van der Waals surface area contributed by atoms with E-state index in [1.807, 2.05) is 0 Å². The Hall–Kier alpha value is -1.50. The summed E-state index contributed by atoms with van der Waals surface area (Å²) in [5.41, 5.74) is 0. The molecule has 0 aromatic heterocycles. The first-order valence-corrected chi connectivity index (χ1v) is 20.1. The van der Waals surface area contributed by atoms with Crippen LogP contribution >= 0.6 is 0 Å². The van der Waals surface area contributed by atoms with Gasteiger partial charge in [-0.25, -0.2) is 0 Å². The van der Waals surface area contributed by atoms with E-state index in [-0.39, 0.29) is 26.1 Å². The highest BCUT2D eigenvalue weighted by Gasteiger charge is 2.47. The Labute approximate surface area is 315 Å². The largest absolute Gasteiger partial charge is 0.462 e. The first kappa shape index (κ1) is 47.7. The van der Waals surface area contributed by atoms with E-state index < -0.39 is 92.7 Å². The minimum atomic E-state index is -1.76. The lowest BCUT2D eigenvalue weighted by molar-refractivity contribution is -0.332. The number of unbranched alkanes of at least 4 members (excludes halogenated alkanes) is 15. The molecule has 0 aromatic carbocycles. The molecule has 0 bridgehead atoms. The fourth-order valence-corrected chi connectivity index (χ4v) is 6.39. The van der Waals surface area contributed by atoms with Crippen LogP contribution in [0.1, 0.15) is 136 Å². The van der Waals surface area contributed by atoms with Crippen LogP contribution in [0.2, 0.25) is 0 Å².